The highest BCUT2D eigenvalue weighted by atomic mass is 19.4. The smallest absolute Gasteiger partial charge is 0.426 e. The average Bonchev–Trinajstić information content (AvgIpc) is 3.12. The molecule has 0 radical (unpaired) electrons. The van der Waals surface area contributed by atoms with Gasteiger partial charge in [0.05, 0.1) is 12.7 Å². The summed E-state index contributed by atoms with van der Waals surface area (Å²) in [5, 5.41) is 13.0. The van der Waals surface area contributed by atoms with Gasteiger partial charge in [-0.2, -0.15) is 13.2 Å². The van der Waals surface area contributed by atoms with Crippen molar-refractivity contribution in [3.05, 3.63) is 58.7 Å². The topological polar surface area (TPSA) is 84.9 Å². The molecule has 0 aliphatic carbocycles. The number of esters is 1. The first-order chi connectivity index (χ1) is 15.7. The summed E-state index contributed by atoms with van der Waals surface area (Å²) in [7, 11) is 1.41. The summed E-state index contributed by atoms with van der Waals surface area (Å²) in [6.07, 6.45) is -6.20. The molecule has 2 aromatic rings. The normalized spacial score (nSPS) is 15.5. The third kappa shape index (κ3) is 4.75. The second-order valence-corrected chi connectivity index (χ2v) is 9.44. The molecule has 3 rings (SSSR count). The van der Waals surface area contributed by atoms with Crippen molar-refractivity contribution in [2.24, 2.45) is 0 Å². The molecule has 1 aliphatic heterocycles. The van der Waals surface area contributed by atoms with Crippen LogP contribution >= 0.6 is 0 Å². The molecular weight excluding hydrogens is 451 g/mol. The zero-order chi connectivity index (χ0) is 25.5. The van der Waals surface area contributed by atoms with Gasteiger partial charge in [0.15, 0.2) is 0 Å². The fraction of sp³-hybridized carbons (Fsp3) is 0.440. The minimum absolute atomic E-state index is 0.0157. The fourth-order valence-corrected chi connectivity index (χ4v) is 4.10. The zero-order valence-corrected chi connectivity index (χ0v) is 19.7. The predicted molar refractivity (Wildman–Crippen MR) is 120 cm³/mol. The number of fused-ring (bicyclic) bond motifs is 1. The lowest BCUT2D eigenvalue weighted by Gasteiger charge is -2.37. The maximum atomic E-state index is 14.2. The Bertz CT molecular complexity index is 1110. The Morgan fingerprint density at radius 2 is 1.85 bits per heavy atom. The van der Waals surface area contributed by atoms with Crippen molar-refractivity contribution in [1.82, 2.24) is 0 Å². The van der Waals surface area contributed by atoms with Crippen LogP contribution in [0.4, 0.5) is 18.9 Å². The van der Waals surface area contributed by atoms with E-state index in [0.29, 0.717) is 16.9 Å². The molecule has 2 N–H and O–H groups in total. The number of hydrogen-bond donors (Lipinski definition) is 2. The van der Waals surface area contributed by atoms with Gasteiger partial charge in [-0.05, 0) is 41.2 Å². The fourth-order valence-electron chi connectivity index (χ4n) is 4.10. The van der Waals surface area contributed by atoms with Crippen LogP contribution in [0, 0.1) is 0 Å². The number of alkyl halides is 3. The number of methoxy groups -OCH3 is 1. The lowest BCUT2D eigenvalue weighted by atomic mass is 9.73. The van der Waals surface area contributed by atoms with Gasteiger partial charge in [-0.15, -0.1) is 0 Å². The Kier molecular flexibility index (Phi) is 6.72. The van der Waals surface area contributed by atoms with Gasteiger partial charge in [-0.3, -0.25) is 4.79 Å². The molecule has 0 aromatic heterocycles. The van der Waals surface area contributed by atoms with Crippen LogP contribution in [-0.4, -0.2) is 35.9 Å². The number of carbonyl (C=O) groups excluding carboxylic acids is 2. The number of anilines is 1. The van der Waals surface area contributed by atoms with E-state index in [1.807, 2.05) is 19.9 Å². The van der Waals surface area contributed by atoms with E-state index in [9.17, 15) is 27.9 Å². The molecule has 1 unspecified atom stereocenters. The largest absolute Gasteiger partial charge is 0.496 e. The van der Waals surface area contributed by atoms with E-state index in [0.717, 1.165) is 5.56 Å². The van der Waals surface area contributed by atoms with Gasteiger partial charge in [-0.1, -0.05) is 39.8 Å². The van der Waals surface area contributed by atoms with Gasteiger partial charge in [0.2, 0.25) is 5.60 Å². The summed E-state index contributed by atoms with van der Waals surface area (Å²) < 4.78 is 52.7. The summed E-state index contributed by atoms with van der Waals surface area (Å²) in [5.74, 6) is -1.68. The van der Waals surface area contributed by atoms with E-state index in [1.165, 1.54) is 39.2 Å². The minimum atomic E-state index is -5.26. The Morgan fingerprint density at radius 1 is 1.18 bits per heavy atom. The number of rotatable bonds is 7. The second-order valence-electron chi connectivity index (χ2n) is 9.44. The molecule has 0 fully saturated rings. The van der Waals surface area contributed by atoms with Crippen molar-refractivity contribution in [2.75, 3.05) is 12.4 Å². The number of ether oxygens (including phenoxy) is 2. The summed E-state index contributed by atoms with van der Waals surface area (Å²) in [4.78, 5) is 24.5. The van der Waals surface area contributed by atoms with Crippen molar-refractivity contribution in [3.8, 4) is 5.75 Å². The van der Waals surface area contributed by atoms with Crippen LogP contribution in [0.15, 0.2) is 36.4 Å². The average molecular weight is 479 g/mol. The van der Waals surface area contributed by atoms with Crippen molar-refractivity contribution < 1.29 is 37.3 Å². The third-order valence-electron chi connectivity index (χ3n) is 6.10. The lowest BCUT2D eigenvalue weighted by Crippen LogP contribution is -2.57. The molecule has 0 bridgehead atoms. The molecule has 1 atom stereocenters. The molecule has 6 nitrogen and oxygen atoms in total. The third-order valence-corrected chi connectivity index (χ3v) is 6.10. The number of carbonyl (C=O) groups is 2. The molecule has 1 heterocycles. The van der Waals surface area contributed by atoms with Gasteiger partial charge in [0.1, 0.15) is 12.4 Å². The number of aliphatic hydroxyl groups is 1. The Balaban J connectivity index is 1.96. The van der Waals surface area contributed by atoms with Crippen LogP contribution in [0.5, 0.6) is 5.75 Å². The minimum Gasteiger partial charge on any atom is -0.496 e. The van der Waals surface area contributed by atoms with Gasteiger partial charge in [-0.25, -0.2) is 4.79 Å². The Morgan fingerprint density at radius 3 is 2.44 bits per heavy atom. The van der Waals surface area contributed by atoms with Crippen molar-refractivity contribution >= 4 is 17.6 Å². The first-order valence-corrected chi connectivity index (χ1v) is 10.8. The zero-order valence-electron chi connectivity index (χ0n) is 19.7. The highest BCUT2D eigenvalue weighted by Gasteiger charge is 2.61. The van der Waals surface area contributed by atoms with Gasteiger partial charge in [0.25, 0.3) is 5.91 Å². The molecule has 184 valence electrons. The molecule has 9 heteroatoms. The Labute approximate surface area is 196 Å². The van der Waals surface area contributed by atoms with Crippen LogP contribution in [-0.2, 0) is 21.6 Å². The highest BCUT2D eigenvalue weighted by molar-refractivity contribution is 5.99. The maximum Gasteiger partial charge on any atom is 0.426 e. The first kappa shape index (κ1) is 25.6. The van der Waals surface area contributed by atoms with E-state index < -0.39 is 35.5 Å². The SMILES string of the molecule is COc1ccc(C(C)C)cc1C(C)(C)CC(O)(C(=O)Nc1ccc2c(c1)COC2=O)C(F)(F)F. The van der Waals surface area contributed by atoms with E-state index in [4.69, 9.17) is 9.47 Å². The molecule has 0 saturated carbocycles. The number of hydrogen-bond acceptors (Lipinski definition) is 5. The van der Waals surface area contributed by atoms with Crippen LogP contribution in [0.1, 0.15) is 67.1 Å². The lowest BCUT2D eigenvalue weighted by molar-refractivity contribution is -0.254. The molecule has 34 heavy (non-hydrogen) atoms. The van der Waals surface area contributed by atoms with Crippen LogP contribution in [0.3, 0.4) is 0 Å². The number of cyclic esters (lactones) is 1. The Hall–Kier alpha value is -3.07. The quantitative estimate of drug-likeness (QED) is 0.541. The summed E-state index contributed by atoms with van der Waals surface area (Å²) in [6, 6.07) is 9.26. The predicted octanol–water partition coefficient (Wildman–Crippen LogP) is 5.09. The van der Waals surface area contributed by atoms with Gasteiger partial charge in [0, 0.05) is 23.2 Å². The van der Waals surface area contributed by atoms with Crippen molar-refractivity contribution in [1.29, 1.82) is 0 Å². The molecule has 2 aromatic carbocycles. The van der Waals surface area contributed by atoms with Crippen LogP contribution in [0.25, 0.3) is 0 Å². The second kappa shape index (κ2) is 8.94. The van der Waals surface area contributed by atoms with Crippen molar-refractivity contribution in [2.45, 2.75) is 63.8 Å². The molecule has 1 aliphatic rings. The number of halogens is 3. The van der Waals surface area contributed by atoms with E-state index in [-0.39, 0.29) is 23.8 Å². The summed E-state index contributed by atoms with van der Waals surface area (Å²) in [5.41, 5.74) is -2.92. The van der Waals surface area contributed by atoms with E-state index in [2.05, 4.69) is 5.32 Å². The number of nitrogens with one attached hydrogen (secondary N) is 1. The van der Waals surface area contributed by atoms with Gasteiger partial charge >= 0.3 is 12.1 Å². The monoisotopic (exact) mass is 479 g/mol. The van der Waals surface area contributed by atoms with Crippen LogP contribution in [0.2, 0.25) is 0 Å². The van der Waals surface area contributed by atoms with E-state index >= 15 is 0 Å². The molecule has 0 spiro atoms. The number of amides is 1. The molecule has 1 amide bonds. The molecule has 0 saturated heterocycles. The van der Waals surface area contributed by atoms with Crippen LogP contribution < -0.4 is 10.1 Å². The van der Waals surface area contributed by atoms with Crippen molar-refractivity contribution in [3.63, 3.8) is 0 Å². The first-order valence-electron chi connectivity index (χ1n) is 10.8. The van der Waals surface area contributed by atoms with E-state index in [1.54, 1.807) is 12.1 Å². The molecular formula is C25H28F3NO5. The highest BCUT2D eigenvalue weighted by Crippen LogP contribution is 2.44. The standard InChI is InChI=1S/C25H28F3NO5/c1-14(2)15-6-9-20(33-5)19(11-15)23(3,4)13-24(32,25(26,27)28)22(31)29-17-7-8-18-16(10-17)12-34-21(18)30/h6-11,14,32H,12-13H2,1-5H3,(H,29,31). The van der Waals surface area contributed by atoms with Gasteiger partial charge < -0.3 is 19.9 Å². The summed E-state index contributed by atoms with van der Waals surface area (Å²) in [6.45, 7) is 6.91. The summed E-state index contributed by atoms with van der Waals surface area (Å²) >= 11 is 0. The maximum absolute atomic E-state index is 14.2. The number of benzene rings is 2.